The fraction of sp³-hybridized carbons (Fsp3) is 0.440. The Morgan fingerprint density at radius 1 is 1.12 bits per heavy atom. The third-order valence-corrected chi connectivity index (χ3v) is 7.14. The van der Waals surface area contributed by atoms with E-state index in [0.29, 0.717) is 12.1 Å². The second kappa shape index (κ2) is 11.7. The molecule has 0 bridgehead atoms. The molecule has 33 heavy (non-hydrogen) atoms. The standard InChI is InChI=1S/C25H31ClN4O2S/c1-2-3-4-17-32-21-8-5-19(6-9-21)24(31)27-11-12-29-13-15-30(16-14-29)25-28-22-10-7-20(26)18-23(22)33-25/h5-10,18H,2-4,11-17H2,1H3,(H,27,31). The molecular weight excluding hydrogens is 456 g/mol. The van der Waals surface area contributed by atoms with Gasteiger partial charge >= 0.3 is 0 Å². The predicted molar refractivity (Wildman–Crippen MR) is 137 cm³/mol. The largest absolute Gasteiger partial charge is 0.494 e. The maximum atomic E-state index is 12.4. The number of nitrogens with one attached hydrogen (secondary N) is 1. The van der Waals surface area contributed by atoms with E-state index < -0.39 is 0 Å². The van der Waals surface area contributed by atoms with Crippen LogP contribution in [0.5, 0.6) is 5.75 Å². The maximum Gasteiger partial charge on any atom is 0.251 e. The van der Waals surface area contributed by atoms with Gasteiger partial charge in [0.2, 0.25) is 0 Å². The first-order valence-electron chi connectivity index (χ1n) is 11.7. The maximum absolute atomic E-state index is 12.4. The topological polar surface area (TPSA) is 57.7 Å². The number of halogens is 1. The van der Waals surface area contributed by atoms with Crippen LogP contribution in [0.4, 0.5) is 5.13 Å². The number of thiazole rings is 1. The first-order chi connectivity index (χ1) is 16.1. The average molecular weight is 487 g/mol. The quantitative estimate of drug-likeness (QED) is 0.405. The summed E-state index contributed by atoms with van der Waals surface area (Å²) in [4.78, 5) is 21.9. The summed E-state index contributed by atoms with van der Waals surface area (Å²) in [7, 11) is 0. The molecule has 176 valence electrons. The number of nitrogens with zero attached hydrogens (tertiary/aromatic N) is 3. The van der Waals surface area contributed by atoms with Crippen LogP contribution in [0.15, 0.2) is 42.5 Å². The lowest BCUT2D eigenvalue weighted by Gasteiger charge is -2.34. The molecule has 3 aromatic rings. The summed E-state index contributed by atoms with van der Waals surface area (Å²) in [6.07, 6.45) is 3.41. The van der Waals surface area contributed by atoms with Crippen molar-refractivity contribution in [2.75, 3.05) is 50.8 Å². The van der Waals surface area contributed by atoms with Gasteiger partial charge in [0.1, 0.15) is 5.75 Å². The number of ether oxygens (including phenoxy) is 1. The van der Waals surface area contributed by atoms with Gasteiger partial charge in [0.25, 0.3) is 5.91 Å². The summed E-state index contributed by atoms with van der Waals surface area (Å²) in [6, 6.07) is 13.2. The van der Waals surface area contributed by atoms with Gasteiger partial charge in [-0.25, -0.2) is 4.98 Å². The van der Waals surface area contributed by atoms with E-state index in [4.69, 9.17) is 21.3 Å². The Kier molecular flexibility index (Phi) is 8.42. The number of hydrogen-bond donors (Lipinski definition) is 1. The fourth-order valence-electron chi connectivity index (χ4n) is 3.86. The van der Waals surface area contributed by atoms with Crippen molar-refractivity contribution in [1.29, 1.82) is 0 Å². The minimum absolute atomic E-state index is 0.0423. The molecule has 6 nitrogen and oxygen atoms in total. The first-order valence-corrected chi connectivity index (χ1v) is 12.9. The third kappa shape index (κ3) is 6.59. The van der Waals surface area contributed by atoms with Gasteiger partial charge in [-0.1, -0.05) is 42.7 Å². The summed E-state index contributed by atoms with van der Waals surface area (Å²) in [6.45, 7) is 8.14. The number of benzene rings is 2. The van der Waals surface area contributed by atoms with Gasteiger partial charge in [0, 0.05) is 49.9 Å². The molecule has 0 unspecified atom stereocenters. The minimum atomic E-state index is -0.0423. The number of aromatic nitrogens is 1. The van der Waals surface area contributed by atoms with Crippen molar-refractivity contribution in [3.8, 4) is 5.75 Å². The number of amides is 1. The lowest BCUT2D eigenvalue weighted by molar-refractivity contribution is 0.0947. The van der Waals surface area contributed by atoms with E-state index >= 15 is 0 Å². The molecule has 1 fully saturated rings. The molecule has 2 heterocycles. The van der Waals surface area contributed by atoms with Gasteiger partial charge in [0.05, 0.1) is 16.8 Å². The molecule has 0 saturated carbocycles. The van der Waals surface area contributed by atoms with Crippen LogP contribution in [0.2, 0.25) is 5.02 Å². The molecule has 1 N–H and O–H groups in total. The normalized spacial score (nSPS) is 14.5. The SMILES string of the molecule is CCCCCOc1ccc(C(=O)NCCN2CCN(c3nc4ccc(Cl)cc4s3)CC2)cc1. The summed E-state index contributed by atoms with van der Waals surface area (Å²) in [5.41, 5.74) is 1.66. The van der Waals surface area contributed by atoms with E-state index in [1.165, 1.54) is 12.8 Å². The number of piperazine rings is 1. The highest BCUT2D eigenvalue weighted by Crippen LogP contribution is 2.31. The van der Waals surface area contributed by atoms with Crippen molar-refractivity contribution in [2.24, 2.45) is 0 Å². The molecule has 0 atom stereocenters. The van der Waals surface area contributed by atoms with Gasteiger partial charge < -0.3 is 15.0 Å². The Morgan fingerprint density at radius 2 is 1.91 bits per heavy atom. The van der Waals surface area contributed by atoms with Crippen LogP contribution in [0, 0.1) is 0 Å². The number of unbranched alkanes of at least 4 members (excludes halogenated alkanes) is 2. The monoisotopic (exact) mass is 486 g/mol. The van der Waals surface area contributed by atoms with Crippen LogP contribution in [0.25, 0.3) is 10.2 Å². The van der Waals surface area contributed by atoms with E-state index in [1.807, 2.05) is 42.5 Å². The summed E-state index contributed by atoms with van der Waals surface area (Å²) in [5, 5.41) is 4.83. The molecule has 2 aromatic carbocycles. The van der Waals surface area contributed by atoms with Gasteiger partial charge in [0.15, 0.2) is 5.13 Å². The number of anilines is 1. The zero-order valence-electron chi connectivity index (χ0n) is 19.1. The van der Waals surface area contributed by atoms with Crippen molar-refractivity contribution < 1.29 is 9.53 Å². The summed E-state index contributed by atoms with van der Waals surface area (Å²) in [5.74, 6) is 0.774. The Labute approximate surface area is 204 Å². The van der Waals surface area contributed by atoms with Crippen LogP contribution >= 0.6 is 22.9 Å². The van der Waals surface area contributed by atoms with Crippen molar-refractivity contribution >= 4 is 44.2 Å². The summed E-state index contributed by atoms with van der Waals surface area (Å²) < 4.78 is 6.84. The third-order valence-electron chi connectivity index (χ3n) is 5.83. The van der Waals surface area contributed by atoms with E-state index in [2.05, 4.69) is 22.0 Å². The van der Waals surface area contributed by atoms with E-state index in [9.17, 15) is 4.79 Å². The molecule has 0 spiro atoms. The van der Waals surface area contributed by atoms with Crippen LogP contribution in [-0.4, -0.2) is 61.7 Å². The highest BCUT2D eigenvalue weighted by molar-refractivity contribution is 7.22. The van der Waals surface area contributed by atoms with E-state index in [1.54, 1.807) is 11.3 Å². The lowest BCUT2D eigenvalue weighted by atomic mass is 10.2. The average Bonchev–Trinajstić information content (AvgIpc) is 3.26. The van der Waals surface area contributed by atoms with E-state index in [-0.39, 0.29) is 5.91 Å². The highest BCUT2D eigenvalue weighted by Gasteiger charge is 2.20. The van der Waals surface area contributed by atoms with Crippen molar-refractivity contribution in [1.82, 2.24) is 15.2 Å². The number of rotatable bonds is 10. The van der Waals surface area contributed by atoms with Crippen molar-refractivity contribution in [2.45, 2.75) is 26.2 Å². The Hall–Kier alpha value is -2.35. The molecule has 0 radical (unpaired) electrons. The molecule has 4 rings (SSSR count). The number of hydrogen-bond acceptors (Lipinski definition) is 6. The Bertz CT molecular complexity index is 1050. The minimum Gasteiger partial charge on any atom is -0.494 e. The molecule has 1 aliphatic heterocycles. The van der Waals surface area contributed by atoms with E-state index in [0.717, 1.165) is 71.9 Å². The molecule has 1 aromatic heterocycles. The van der Waals surface area contributed by atoms with Crippen LogP contribution in [0.3, 0.4) is 0 Å². The fourth-order valence-corrected chi connectivity index (χ4v) is 5.15. The molecule has 0 aliphatic carbocycles. The van der Waals surface area contributed by atoms with Gasteiger partial charge in [-0.2, -0.15) is 0 Å². The molecule has 8 heteroatoms. The smallest absolute Gasteiger partial charge is 0.251 e. The van der Waals surface area contributed by atoms with Crippen LogP contribution < -0.4 is 15.0 Å². The van der Waals surface area contributed by atoms with Crippen LogP contribution in [0.1, 0.15) is 36.5 Å². The van der Waals surface area contributed by atoms with Crippen LogP contribution in [-0.2, 0) is 0 Å². The van der Waals surface area contributed by atoms with Crippen molar-refractivity contribution in [3.63, 3.8) is 0 Å². The molecular formula is C25H31ClN4O2S. The highest BCUT2D eigenvalue weighted by atomic mass is 35.5. The Balaban J connectivity index is 1.17. The zero-order valence-corrected chi connectivity index (χ0v) is 20.6. The first kappa shape index (κ1) is 23.8. The van der Waals surface area contributed by atoms with Gasteiger partial charge in [-0.15, -0.1) is 0 Å². The number of carbonyl (C=O) groups is 1. The second-order valence-electron chi connectivity index (χ2n) is 8.27. The molecule has 1 aliphatic rings. The van der Waals surface area contributed by atoms with Gasteiger partial charge in [-0.05, 0) is 48.9 Å². The molecule has 1 saturated heterocycles. The molecule has 1 amide bonds. The predicted octanol–water partition coefficient (Wildman–Crippen LogP) is 5.07. The second-order valence-corrected chi connectivity index (χ2v) is 9.72. The number of carbonyl (C=O) groups excluding carboxylic acids is 1. The number of fused-ring (bicyclic) bond motifs is 1. The Morgan fingerprint density at radius 3 is 2.67 bits per heavy atom. The zero-order chi connectivity index (χ0) is 23.0. The summed E-state index contributed by atoms with van der Waals surface area (Å²) >= 11 is 7.79. The van der Waals surface area contributed by atoms with Crippen molar-refractivity contribution in [3.05, 3.63) is 53.1 Å². The van der Waals surface area contributed by atoms with Gasteiger partial charge in [-0.3, -0.25) is 9.69 Å². The lowest BCUT2D eigenvalue weighted by Crippen LogP contribution is -2.48.